The zero-order valence-electron chi connectivity index (χ0n) is 8.47. The summed E-state index contributed by atoms with van der Waals surface area (Å²) in [6.45, 7) is 1.94. The molecule has 5 N–H and O–H groups in total. The molecule has 2 rings (SSSR count). The third-order valence-electron chi connectivity index (χ3n) is 2.15. The summed E-state index contributed by atoms with van der Waals surface area (Å²) in [6, 6.07) is 0. The summed E-state index contributed by atoms with van der Waals surface area (Å²) >= 11 is 1.63. The van der Waals surface area contributed by atoms with Crippen molar-refractivity contribution in [1.82, 2.24) is 4.90 Å². The number of fused-ring (bicyclic) bond motifs is 1. The number of carboxylic acid groups (broad SMARTS) is 1. The lowest BCUT2D eigenvalue weighted by Gasteiger charge is -2.43. The maximum absolute atomic E-state index is 11.1. The van der Waals surface area contributed by atoms with Gasteiger partial charge >= 0.3 is 5.97 Å². The number of thioether (sulfide) groups is 1. The largest absolute Gasteiger partial charge is 0.477 e. The molecule has 1 unspecified atom stereocenters. The van der Waals surface area contributed by atoms with Gasteiger partial charge in [0, 0.05) is 5.25 Å². The smallest absolute Gasteiger partial charge is 0.352 e. The van der Waals surface area contributed by atoms with Crippen LogP contribution in [-0.2, 0) is 9.59 Å². The zero-order chi connectivity index (χ0) is 9.59. The first-order chi connectivity index (χ1) is 6.09. The van der Waals surface area contributed by atoms with E-state index >= 15 is 0 Å². The van der Waals surface area contributed by atoms with Crippen molar-refractivity contribution in [3.8, 4) is 0 Å². The predicted octanol–water partition coefficient (Wildman–Crippen LogP) is -0.579. The topological polar surface area (TPSA) is 121 Å². The number of carbonyl (C=O) groups excluding carboxylic acids is 1. The Kier molecular flexibility index (Phi) is 6.71. The number of β-lactam (4-membered cyclic amide) rings is 1. The van der Waals surface area contributed by atoms with Crippen LogP contribution in [0.25, 0.3) is 0 Å². The van der Waals surface area contributed by atoms with Crippen molar-refractivity contribution in [1.29, 1.82) is 0 Å². The fourth-order valence-corrected chi connectivity index (χ4v) is 2.84. The minimum absolute atomic E-state index is 0. The molecule has 0 radical (unpaired) electrons. The number of rotatable bonds is 1. The number of carbonyl (C=O) groups is 2. The summed E-state index contributed by atoms with van der Waals surface area (Å²) in [5.41, 5.74) is 0.146. The van der Waals surface area contributed by atoms with E-state index in [2.05, 4.69) is 0 Å². The second-order valence-corrected chi connectivity index (χ2v) is 4.68. The Morgan fingerprint density at radius 3 is 2.56 bits per heavy atom. The van der Waals surface area contributed by atoms with Crippen LogP contribution in [0.3, 0.4) is 0 Å². The van der Waals surface area contributed by atoms with Gasteiger partial charge in [0.25, 0.3) is 0 Å². The van der Waals surface area contributed by atoms with E-state index in [1.54, 1.807) is 17.8 Å². The van der Waals surface area contributed by atoms with Crippen molar-refractivity contribution in [2.24, 2.45) is 0 Å². The Bertz CT molecular complexity index is 322. The van der Waals surface area contributed by atoms with Crippen LogP contribution >= 0.6 is 24.2 Å². The number of hydrogen-bond acceptors (Lipinski definition) is 3. The van der Waals surface area contributed by atoms with Crippen LogP contribution in [0, 0.1) is 0 Å². The van der Waals surface area contributed by atoms with E-state index in [4.69, 9.17) is 5.11 Å². The van der Waals surface area contributed by atoms with Gasteiger partial charge in [0.1, 0.15) is 5.70 Å². The number of hydrogen-bond donors (Lipinski definition) is 1. The average molecular weight is 272 g/mol. The second kappa shape index (κ2) is 6.09. The number of carboxylic acids is 1. The van der Waals surface area contributed by atoms with Gasteiger partial charge in [0.2, 0.25) is 5.91 Å². The first-order valence-corrected chi connectivity index (χ1v) is 4.96. The minimum atomic E-state index is -1.01. The fourth-order valence-electron chi connectivity index (χ4n) is 1.55. The summed E-state index contributed by atoms with van der Waals surface area (Å²) in [5.74, 6) is -1.09. The second-order valence-electron chi connectivity index (χ2n) is 3.12. The van der Waals surface area contributed by atoms with Crippen LogP contribution in [0.5, 0.6) is 0 Å². The molecule has 2 aliphatic heterocycles. The summed E-state index contributed by atoms with van der Waals surface area (Å²) < 4.78 is 0. The van der Waals surface area contributed by atoms with E-state index in [0.29, 0.717) is 6.42 Å². The zero-order valence-corrected chi connectivity index (χ0v) is 10.1. The lowest BCUT2D eigenvalue weighted by Crippen LogP contribution is -2.53. The van der Waals surface area contributed by atoms with Gasteiger partial charge in [0.15, 0.2) is 0 Å². The summed E-state index contributed by atoms with van der Waals surface area (Å²) in [5, 5.41) is 9.06. The molecule has 0 aromatic carbocycles. The quantitative estimate of drug-likeness (QED) is 0.641. The molecule has 2 aliphatic rings. The molecule has 0 spiro atoms. The van der Waals surface area contributed by atoms with Gasteiger partial charge in [0.05, 0.1) is 11.8 Å². The van der Waals surface area contributed by atoms with E-state index in [0.717, 1.165) is 0 Å². The first-order valence-electron chi connectivity index (χ1n) is 4.02. The lowest BCUT2D eigenvalue weighted by atomic mass is 10.1. The molecule has 0 saturated carbocycles. The number of aliphatic carboxylic acids is 1. The van der Waals surface area contributed by atoms with E-state index in [9.17, 15) is 9.59 Å². The van der Waals surface area contributed by atoms with Gasteiger partial charge in [-0.1, -0.05) is 0 Å². The molecule has 1 amide bonds. The summed E-state index contributed by atoms with van der Waals surface area (Å²) in [7, 11) is 0. The van der Waals surface area contributed by atoms with Crippen molar-refractivity contribution in [3.63, 3.8) is 0 Å². The first kappa shape index (κ1) is 17.6. The van der Waals surface area contributed by atoms with Crippen molar-refractivity contribution in [3.05, 3.63) is 11.8 Å². The molecular formula is C8H14ClNO5S. The van der Waals surface area contributed by atoms with E-state index in [1.165, 1.54) is 4.90 Å². The molecule has 6 nitrogen and oxygen atoms in total. The summed E-state index contributed by atoms with van der Waals surface area (Å²) in [6.07, 6.45) is 2.10. The van der Waals surface area contributed by atoms with Gasteiger partial charge in [-0.15, -0.1) is 24.2 Å². The third-order valence-corrected chi connectivity index (χ3v) is 3.41. The molecule has 0 bridgehead atoms. The highest BCUT2D eigenvalue weighted by Gasteiger charge is 2.44. The predicted molar refractivity (Wildman–Crippen MR) is 62.5 cm³/mol. The fraction of sp³-hybridized carbons (Fsp3) is 0.500. The van der Waals surface area contributed by atoms with E-state index in [-0.39, 0.29) is 45.6 Å². The highest BCUT2D eigenvalue weighted by atomic mass is 35.5. The SMILES string of the molecule is CC1C=C(C(=O)O)N2C(=O)C[C@H]2S1.Cl.O.O. The number of halogens is 1. The van der Waals surface area contributed by atoms with Crippen molar-refractivity contribution in [2.75, 3.05) is 0 Å². The molecule has 2 heterocycles. The highest BCUT2D eigenvalue weighted by Crippen LogP contribution is 2.40. The Balaban J connectivity index is 0. The monoisotopic (exact) mass is 271 g/mol. The van der Waals surface area contributed by atoms with Crippen molar-refractivity contribution in [2.45, 2.75) is 24.0 Å². The highest BCUT2D eigenvalue weighted by molar-refractivity contribution is 8.00. The molecule has 1 fully saturated rings. The Hall–Kier alpha value is -0.760. The molecule has 94 valence electrons. The maximum atomic E-state index is 11.1. The van der Waals surface area contributed by atoms with Crippen LogP contribution < -0.4 is 0 Å². The maximum Gasteiger partial charge on any atom is 0.352 e. The molecular weight excluding hydrogens is 258 g/mol. The Labute approximate surface area is 103 Å². The average Bonchev–Trinajstić information content (AvgIpc) is 2.01. The number of nitrogens with zero attached hydrogens (tertiary/aromatic N) is 1. The van der Waals surface area contributed by atoms with Crippen LogP contribution in [0.15, 0.2) is 11.8 Å². The van der Waals surface area contributed by atoms with Gasteiger partial charge in [-0.2, -0.15) is 0 Å². The van der Waals surface area contributed by atoms with Crippen LogP contribution in [0.1, 0.15) is 13.3 Å². The molecule has 1 saturated heterocycles. The van der Waals surface area contributed by atoms with Crippen LogP contribution in [-0.4, -0.2) is 43.5 Å². The molecule has 8 heteroatoms. The molecule has 2 atom stereocenters. The molecule has 0 aliphatic carbocycles. The van der Waals surface area contributed by atoms with Gasteiger partial charge in [-0.05, 0) is 13.0 Å². The van der Waals surface area contributed by atoms with Crippen LogP contribution in [0.2, 0.25) is 0 Å². The number of amides is 1. The van der Waals surface area contributed by atoms with E-state index < -0.39 is 5.97 Å². The van der Waals surface area contributed by atoms with Gasteiger partial charge in [-0.3, -0.25) is 9.69 Å². The normalized spacial score (nSPS) is 25.9. The Morgan fingerprint density at radius 1 is 1.56 bits per heavy atom. The molecule has 0 aromatic heterocycles. The van der Waals surface area contributed by atoms with Crippen molar-refractivity contribution >= 4 is 36.0 Å². The minimum Gasteiger partial charge on any atom is -0.477 e. The van der Waals surface area contributed by atoms with Crippen molar-refractivity contribution < 1.29 is 25.6 Å². The standard InChI is InChI=1S/C8H9NO3S.ClH.2H2O/c1-4-2-5(8(11)12)9-6(10)3-7(9)13-4;;;/h2,4,7H,3H2,1H3,(H,11,12);1H;2*1H2/t4?,7-;;;/m1.../s1. The van der Waals surface area contributed by atoms with E-state index in [1.807, 2.05) is 6.92 Å². The Morgan fingerprint density at radius 2 is 2.12 bits per heavy atom. The van der Waals surface area contributed by atoms with Gasteiger partial charge in [-0.25, -0.2) is 4.79 Å². The summed E-state index contributed by atoms with van der Waals surface area (Å²) in [4.78, 5) is 23.2. The molecule has 16 heavy (non-hydrogen) atoms. The van der Waals surface area contributed by atoms with Crippen LogP contribution in [0.4, 0.5) is 0 Å². The van der Waals surface area contributed by atoms with Gasteiger partial charge < -0.3 is 16.1 Å². The lowest BCUT2D eigenvalue weighted by molar-refractivity contribution is -0.146. The molecule has 0 aromatic rings. The third kappa shape index (κ3) is 2.67.